The standard InChI is InChI=1S/C44H29NS/c1-3-12-32(13-4-1)40-28-35-15-9-10-18-39(35)44-43(40)41-29-38(25-26-42(41)46-44)45(36-16-5-2-6-17-36)37-23-21-31(22-24-37)34-20-19-30-11-7-8-14-33(30)27-34/h1-29H. The Morgan fingerprint density at radius 1 is 0.370 bits per heavy atom. The highest BCUT2D eigenvalue weighted by Crippen LogP contribution is 2.46. The van der Waals surface area contributed by atoms with Crippen LogP contribution in [0.3, 0.4) is 0 Å². The van der Waals surface area contributed by atoms with Crippen LogP contribution in [0.5, 0.6) is 0 Å². The van der Waals surface area contributed by atoms with Crippen LogP contribution in [0.2, 0.25) is 0 Å². The Labute approximate surface area is 272 Å². The highest BCUT2D eigenvalue weighted by molar-refractivity contribution is 7.26. The third-order valence-corrected chi connectivity index (χ3v) is 10.2. The van der Waals surface area contributed by atoms with Crippen LogP contribution in [0.1, 0.15) is 0 Å². The van der Waals surface area contributed by atoms with Gasteiger partial charge >= 0.3 is 0 Å². The number of anilines is 3. The predicted octanol–water partition coefficient (Wildman–Crippen LogP) is 13.2. The van der Waals surface area contributed by atoms with Crippen molar-refractivity contribution in [3.8, 4) is 22.3 Å². The van der Waals surface area contributed by atoms with Gasteiger partial charge in [-0.2, -0.15) is 0 Å². The van der Waals surface area contributed by atoms with E-state index in [9.17, 15) is 0 Å². The number of hydrogen-bond donors (Lipinski definition) is 0. The van der Waals surface area contributed by atoms with Crippen molar-refractivity contribution in [3.05, 3.63) is 176 Å². The highest BCUT2D eigenvalue weighted by Gasteiger charge is 2.18. The third kappa shape index (κ3) is 4.54. The Kier molecular flexibility index (Phi) is 6.40. The number of rotatable bonds is 5. The molecule has 0 amide bonds. The van der Waals surface area contributed by atoms with Crippen LogP contribution in [-0.2, 0) is 0 Å². The molecule has 1 nitrogen and oxygen atoms in total. The average molecular weight is 604 g/mol. The zero-order valence-electron chi connectivity index (χ0n) is 25.1. The van der Waals surface area contributed by atoms with E-state index in [4.69, 9.17) is 0 Å². The predicted molar refractivity (Wildman–Crippen MR) is 200 cm³/mol. The summed E-state index contributed by atoms with van der Waals surface area (Å²) in [6.07, 6.45) is 0. The van der Waals surface area contributed by atoms with Crippen LogP contribution in [0.4, 0.5) is 17.1 Å². The molecule has 216 valence electrons. The van der Waals surface area contributed by atoms with Gasteiger partial charge in [0.2, 0.25) is 0 Å². The van der Waals surface area contributed by atoms with Crippen LogP contribution in [0.15, 0.2) is 176 Å². The van der Waals surface area contributed by atoms with E-state index in [1.165, 1.54) is 64.0 Å². The fourth-order valence-electron chi connectivity index (χ4n) is 6.78. The summed E-state index contributed by atoms with van der Waals surface area (Å²) in [4.78, 5) is 2.37. The number of para-hydroxylation sites is 1. The van der Waals surface area contributed by atoms with E-state index in [-0.39, 0.29) is 0 Å². The van der Waals surface area contributed by atoms with Crippen molar-refractivity contribution in [3.63, 3.8) is 0 Å². The van der Waals surface area contributed by atoms with E-state index >= 15 is 0 Å². The molecule has 2 heteroatoms. The van der Waals surface area contributed by atoms with Crippen LogP contribution in [0, 0.1) is 0 Å². The molecule has 1 heterocycles. The third-order valence-electron chi connectivity index (χ3n) is 9.01. The maximum absolute atomic E-state index is 2.39. The second kappa shape index (κ2) is 11.0. The van der Waals surface area contributed by atoms with Gasteiger partial charge in [0.1, 0.15) is 0 Å². The van der Waals surface area contributed by atoms with Crippen molar-refractivity contribution < 1.29 is 0 Å². The molecular formula is C44H29NS. The summed E-state index contributed by atoms with van der Waals surface area (Å²) in [6, 6.07) is 63.8. The second-order valence-corrected chi connectivity index (χ2v) is 12.8. The highest BCUT2D eigenvalue weighted by atomic mass is 32.1. The zero-order chi connectivity index (χ0) is 30.5. The molecule has 8 aromatic carbocycles. The molecule has 46 heavy (non-hydrogen) atoms. The Balaban J connectivity index is 1.22. The Morgan fingerprint density at radius 2 is 1.00 bits per heavy atom. The quantitative estimate of drug-likeness (QED) is 0.189. The zero-order valence-corrected chi connectivity index (χ0v) is 25.9. The van der Waals surface area contributed by atoms with Gasteiger partial charge in [0.25, 0.3) is 0 Å². The molecule has 0 saturated heterocycles. The van der Waals surface area contributed by atoms with Gasteiger partial charge in [0, 0.05) is 37.2 Å². The minimum atomic E-state index is 1.13. The fraction of sp³-hybridized carbons (Fsp3) is 0. The largest absolute Gasteiger partial charge is 0.310 e. The van der Waals surface area contributed by atoms with E-state index in [2.05, 4.69) is 181 Å². The molecule has 0 fully saturated rings. The first-order valence-corrected chi connectivity index (χ1v) is 16.5. The minimum absolute atomic E-state index is 1.13. The van der Waals surface area contributed by atoms with Crippen LogP contribution >= 0.6 is 11.3 Å². The smallest absolute Gasteiger partial charge is 0.0468 e. The molecule has 0 atom stereocenters. The second-order valence-electron chi connectivity index (χ2n) is 11.8. The van der Waals surface area contributed by atoms with Crippen LogP contribution in [0.25, 0.3) is 64.0 Å². The molecule has 0 aliphatic carbocycles. The lowest BCUT2D eigenvalue weighted by molar-refractivity contribution is 1.29. The molecule has 9 rings (SSSR count). The molecule has 0 aliphatic heterocycles. The molecule has 0 aliphatic rings. The molecule has 1 aromatic heterocycles. The summed E-state index contributed by atoms with van der Waals surface area (Å²) in [5.41, 5.74) is 8.36. The summed E-state index contributed by atoms with van der Waals surface area (Å²) in [6.45, 7) is 0. The van der Waals surface area contributed by atoms with Gasteiger partial charge < -0.3 is 4.90 Å². The van der Waals surface area contributed by atoms with E-state index in [0.717, 1.165) is 17.1 Å². The molecule has 0 spiro atoms. The summed E-state index contributed by atoms with van der Waals surface area (Å²) in [5, 5.41) is 7.72. The average Bonchev–Trinajstić information content (AvgIpc) is 3.52. The Bertz CT molecular complexity index is 2510. The maximum atomic E-state index is 2.39. The number of benzene rings is 8. The van der Waals surface area contributed by atoms with Gasteiger partial charge in [-0.25, -0.2) is 0 Å². The minimum Gasteiger partial charge on any atom is -0.310 e. The number of thiophene rings is 1. The van der Waals surface area contributed by atoms with E-state index in [1.54, 1.807) is 0 Å². The van der Waals surface area contributed by atoms with Gasteiger partial charge in [-0.05, 0) is 98.4 Å². The Morgan fingerprint density at radius 3 is 1.80 bits per heavy atom. The van der Waals surface area contributed by atoms with Crippen molar-refractivity contribution in [2.45, 2.75) is 0 Å². The Hall–Kier alpha value is -5.70. The van der Waals surface area contributed by atoms with Crippen LogP contribution < -0.4 is 4.90 Å². The fourth-order valence-corrected chi connectivity index (χ4v) is 8.03. The molecule has 0 unspecified atom stereocenters. The molecule has 0 bridgehead atoms. The number of hydrogen-bond acceptors (Lipinski definition) is 2. The van der Waals surface area contributed by atoms with Crippen molar-refractivity contribution >= 4 is 70.1 Å². The van der Waals surface area contributed by atoms with Crippen molar-refractivity contribution in [1.29, 1.82) is 0 Å². The lowest BCUT2D eigenvalue weighted by Gasteiger charge is -2.26. The summed E-state index contributed by atoms with van der Waals surface area (Å²) >= 11 is 1.89. The van der Waals surface area contributed by atoms with E-state index in [1.807, 2.05) is 11.3 Å². The monoisotopic (exact) mass is 603 g/mol. The molecular weight excluding hydrogens is 575 g/mol. The summed E-state index contributed by atoms with van der Waals surface area (Å²) in [7, 11) is 0. The number of nitrogens with zero attached hydrogens (tertiary/aromatic N) is 1. The van der Waals surface area contributed by atoms with Gasteiger partial charge in [0.05, 0.1) is 0 Å². The molecule has 0 N–H and O–H groups in total. The normalized spacial score (nSPS) is 11.5. The van der Waals surface area contributed by atoms with Crippen molar-refractivity contribution in [1.82, 2.24) is 0 Å². The molecule has 9 aromatic rings. The summed E-state index contributed by atoms with van der Waals surface area (Å²) < 4.78 is 2.64. The van der Waals surface area contributed by atoms with Crippen molar-refractivity contribution in [2.75, 3.05) is 4.90 Å². The SMILES string of the molecule is c1ccc(-c2cc3ccccc3c3sc4ccc(N(c5ccccc5)c5ccc(-c6ccc7ccccc7c6)cc5)cc4c23)cc1. The van der Waals surface area contributed by atoms with Crippen molar-refractivity contribution in [2.24, 2.45) is 0 Å². The van der Waals surface area contributed by atoms with Gasteiger partial charge in [-0.1, -0.05) is 121 Å². The van der Waals surface area contributed by atoms with Gasteiger partial charge in [0.15, 0.2) is 0 Å². The van der Waals surface area contributed by atoms with E-state index < -0.39 is 0 Å². The molecule has 0 radical (unpaired) electrons. The maximum Gasteiger partial charge on any atom is 0.0468 e. The topological polar surface area (TPSA) is 3.24 Å². The summed E-state index contributed by atoms with van der Waals surface area (Å²) in [5.74, 6) is 0. The van der Waals surface area contributed by atoms with Gasteiger partial charge in [-0.3, -0.25) is 0 Å². The first-order valence-electron chi connectivity index (χ1n) is 15.7. The first-order chi connectivity index (χ1) is 22.8. The van der Waals surface area contributed by atoms with Gasteiger partial charge in [-0.15, -0.1) is 11.3 Å². The lowest BCUT2D eigenvalue weighted by Crippen LogP contribution is -2.09. The van der Waals surface area contributed by atoms with Crippen LogP contribution in [-0.4, -0.2) is 0 Å². The van der Waals surface area contributed by atoms with E-state index in [0.29, 0.717) is 0 Å². The number of fused-ring (bicyclic) bond motifs is 6. The first kappa shape index (κ1) is 26.7. The lowest BCUT2D eigenvalue weighted by atomic mass is 9.95. The molecule has 0 saturated carbocycles.